The lowest BCUT2D eigenvalue weighted by molar-refractivity contribution is -0.192. The molecule has 0 radical (unpaired) electrons. The number of nitrogens with zero attached hydrogens (tertiary/aromatic N) is 4. The summed E-state index contributed by atoms with van der Waals surface area (Å²) in [5, 5.41) is 16.9. The van der Waals surface area contributed by atoms with E-state index in [1.54, 1.807) is 6.07 Å². The summed E-state index contributed by atoms with van der Waals surface area (Å²) >= 11 is 3.31. The molecular formula is C18H18BrF3N6O4. The van der Waals surface area contributed by atoms with Gasteiger partial charge in [0.05, 0.1) is 12.6 Å². The summed E-state index contributed by atoms with van der Waals surface area (Å²) in [5.74, 6) is -0.0647. The number of halogens is 4. The van der Waals surface area contributed by atoms with Gasteiger partial charge in [-0.25, -0.2) is 9.78 Å². The standard InChI is InChI=1S/C16H17BrN6O2.C2HF3O2/c1-2-5-25-8-10-3-4-13(17)21-14(10)22-15(24)11-6-16(9-19-23-18)7-12(16)20-11;3-2(4,5)1(6)7/h1,3-4,11-12,20H,5-9H2,(H,21,22,24);(H,6,7)/t11-,12+,16-;/m0./s1. The summed E-state index contributed by atoms with van der Waals surface area (Å²) in [6, 6.07) is 3.52. The fourth-order valence-corrected chi connectivity index (χ4v) is 3.52. The van der Waals surface area contributed by atoms with E-state index in [0.717, 1.165) is 12.0 Å². The van der Waals surface area contributed by atoms with Gasteiger partial charge in [-0.3, -0.25) is 4.79 Å². The highest BCUT2D eigenvalue weighted by atomic mass is 79.9. The number of rotatable bonds is 7. The molecule has 0 aromatic carbocycles. The number of fused-ring (bicyclic) bond motifs is 1. The lowest BCUT2D eigenvalue weighted by Gasteiger charge is -2.16. The number of hydrogen-bond acceptors (Lipinski definition) is 6. The number of aromatic nitrogens is 1. The van der Waals surface area contributed by atoms with Crippen molar-refractivity contribution >= 4 is 33.6 Å². The zero-order valence-corrected chi connectivity index (χ0v) is 18.0. The highest BCUT2D eigenvalue weighted by molar-refractivity contribution is 9.10. The molecule has 32 heavy (non-hydrogen) atoms. The van der Waals surface area contributed by atoms with E-state index >= 15 is 0 Å². The number of nitrogens with one attached hydrogen (secondary N) is 2. The van der Waals surface area contributed by atoms with E-state index in [-0.39, 0.29) is 36.6 Å². The maximum Gasteiger partial charge on any atom is 0.490 e. The highest BCUT2D eigenvalue weighted by Gasteiger charge is 2.60. The number of carboxylic acid groups (broad SMARTS) is 1. The van der Waals surface area contributed by atoms with Crippen molar-refractivity contribution in [2.75, 3.05) is 18.5 Å². The molecule has 1 aliphatic carbocycles. The van der Waals surface area contributed by atoms with Gasteiger partial charge in [0.15, 0.2) is 0 Å². The van der Waals surface area contributed by atoms with Gasteiger partial charge in [-0.15, -0.1) is 6.42 Å². The molecular weight excluding hydrogens is 501 g/mol. The predicted molar refractivity (Wildman–Crippen MR) is 109 cm³/mol. The fraction of sp³-hybridized carbons (Fsp3) is 0.500. The van der Waals surface area contributed by atoms with E-state index in [1.807, 2.05) is 6.07 Å². The second kappa shape index (κ2) is 10.6. The van der Waals surface area contributed by atoms with E-state index in [2.05, 4.69) is 47.5 Å². The minimum absolute atomic E-state index is 0.0718. The van der Waals surface area contributed by atoms with Crippen LogP contribution in [-0.2, 0) is 20.9 Å². The Morgan fingerprint density at radius 2 is 2.19 bits per heavy atom. The molecule has 0 unspecified atom stereocenters. The van der Waals surface area contributed by atoms with Gasteiger partial charge in [0.1, 0.15) is 17.0 Å². The van der Waals surface area contributed by atoms with Crippen LogP contribution in [0.3, 0.4) is 0 Å². The molecule has 10 nitrogen and oxygen atoms in total. The molecule has 1 aromatic rings. The largest absolute Gasteiger partial charge is 0.490 e. The number of carbonyl (C=O) groups is 2. The first-order valence-corrected chi connectivity index (χ1v) is 9.86. The van der Waals surface area contributed by atoms with Gasteiger partial charge in [-0.2, -0.15) is 13.2 Å². The normalized spacial score (nSPS) is 23.0. The van der Waals surface area contributed by atoms with Crippen LogP contribution in [-0.4, -0.2) is 53.4 Å². The quantitative estimate of drug-likeness (QED) is 0.126. The minimum atomic E-state index is -5.08. The molecule has 1 aliphatic heterocycles. The van der Waals surface area contributed by atoms with E-state index in [0.29, 0.717) is 23.4 Å². The molecule has 2 aliphatic rings. The molecule has 3 atom stereocenters. The van der Waals surface area contributed by atoms with Crippen molar-refractivity contribution in [1.82, 2.24) is 10.3 Å². The number of azide groups is 1. The average Bonchev–Trinajstić information content (AvgIpc) is 3.27. The molecule has 172 valence electrons. The molecule has 2 fully saturated rings. The van der Waals surface area contributed by atoms with Crippen LogP contribution in [0.5, 0.6) is 0 Å². The number of amides is 1. The van der Waals surface area contributed by atoms with E-state index in [4.69, 9.17) is 26.6 Å². The van der Waals surface area contributed by atoms with Crippen molar-refractivity contribution in [2.45, 2.75) is 37.7 Å². The zero-order chi connectivity index (χ0) is 23.9. The van der Waals surface area contributed by atoms with Crippen LogP contribution in [0.1, 0.15) is 18.4 Å². The van der Waals surface area contributed by atoms with Crippen LogP contribution in [0.25, 0.3) is 10.4 Å². The Bertz CT molecular complexity index is 963. The number of carbonyl (C=O) groups excluding carboxylic acids is 1. The van der Waals surface area contributed by atoms with Crippen molar-refractivity contribution in [1.29, 1.82) is 0 Å². The lowest BCUT2D eigenvalue weighted by atomic mass is 9.99. The number of hydrogen-bond donors (Lipinski definition) is 3. The van der Waals surface area contributed by atoms with Gasteiger partial charge < -0.3 is 20.5 Å². The second-order valence-corrected chi connectivity index (χ2v) is 7.87. The molecule has 0 bridgehead atoms. The Morgan fingerprint density at radius 3 is 2.78 bits per heavy atom. The SMILES string of the molecule is C#CCOCc1ccc(Br)nc1NC(=O)[C@@H]1C[C@@]2(CN=[N+]=[N-])C[C@H]2N1.O=C(O)C(F)(F)F. The van der Waals surface area contributed by atoms with Gasteiger partial charge in [-0.05, 0) is 45.8 Å². The van der Waals surface area contributed by atoms with Crippen LogP contribution in [0.2, 0.25) is 0 Å². The molecule has 0 spiro atoms. The fourth-order valence-electron chi connectivity index (χ4n) is 3.21. The predicted octanol–water partition coefficient (Wildman–Crippen LogP) is 3.00. The van der Waals surface area contributed by atoms with Crippen molar-refractivity contribution in [3.05, 3.63) is 32.7 Å². The van der Waals surface area contributed by atoms with Crippen molar-refractivity contribution in [3.8, 4) is 12.3 Å². The van der Waals surface area contributed by atoms with E-state index in [1.165, 1.54) is 0 Å². The van der Waals surface area contributed by atoms with Gasteiger partial charge >= 0.3 is 12.1 Å². The Kier molecular flexibility index (Phi) is 8.45. The van der Waals surface area contributed by atoms with Crippen molar-refractivity contribution < 1.29 is 32.6 Å². The first-order valence-electron chi connectivity index (χ1n) is 9.07. The Labute approximate surface area is 188 Å². The van der Waals surface area contributed by atoms with Crippen LogP contribution in [0.4, 0.5) is 19.0 Å². The van der Waals surface area contributed by atoms with Crippen LogP contribution >= 0.6 is 15.9 Å². The van der Waals surface area contributed by atoms with Crippen molar-refractivity contribution in [2.24, 2.45) is 10.5 Å². The summed E-state index contributed by atoms with van der Waals surface area (Å²) in [7, 11) is 0. The summed E-state index contributed by atoms with van der Waals surface area (Å²) in [5.41, 5.74) is 9.17. The number of piperidine rings is 1. The molecule has 2 heterocycles. The number of terminal acetylenes is 1. The smallest absolute Gasteiger partial charge is 0.475 e. The Balaban J connectivity index is 0.000000451. The average molecular weight is 519 g/mol. The molecule has 3 N–H and O–H groups in total. The maximum absolute atomic E-state index is 12.6. The number of pyridine rings is 1. The monoisotopic (exact) mass is 518 g/mol. The van der Waals surface area contributed by atoms with Gasteiger partial charge in [-0.1, -0.05) is 17.1 Å². The third-order valence-electron chi connectivity index (χ3n) is 4.84. The maximum atomic E-state index is 12.6. The van der Waals surface area contributed by atoms with E-state index in [9.17, 15) is 18.0 Å². The number of alkyl halides is 3. The first kappa shape index (κ1) is 25.4. The molecule has 1 saturated carbocycles. The van der Waals surface area contributed by atoms with Gasteiger partial charge in [0, 0.05) is 23.1 Å². The summed E-state index contributed by atoms with van der Waals surface area (Å²) in [4.78, 5) is 28.6. The molecule has 1 amide bonds. The minimum Gasteiger partial charge on any atom is -0.475 e. The van der Waals surface area contributed by atoms with E-state index < -0.39 is 12.1 Å². The Morgan fingerprint density at radius 1 is 1.50 bits per heavy atom. The molecule has 14 heteroatoms. The van der Waals surface area contributed by atoms with Crippen LogP contribution in [0, 0.1) is 17.8 Å². The second-order valence-electron chi connectivity index (χ2n) is 7.06. The number of ether oxygens (including phenoxy) is 1. The molecule has 3 rings (SSSR count). The zero-order valence-electron chi connectivity index (χ0n) is 16.4. The van der Waals surface area contributed by atoms with Crippen LogP contribution < -0.4 is 10.6 Å². The summed E-state index contributed by atoms with van der Waals surface area (Å²) in [6.45, 7) is 0.879. The summed E-state index contributed by atoms with van der Waals surface area (Å²) in [6.07, 6.45) is 1.69. The number of anilines is 1. The van der Waals surface area contributed by atoms with Gasteiger partial charge in [0.25, 0.3) is 0 Å². The number of carboxylic acids is 1. The third kappa shape index (κ3) is 6.83. The molecule has 1 aromatic heterocycles. The summed E-state index contributed by atoms with van der Waals surface area (Å²) < 4.78 is 37.7. The number of aliphatic carboxylic acids is 1. The Hall–Kier alpha value is -2.85. The van der Waals surface area contributed by atoms with Crippen LogP contribution in [0.15, 0.2) is 21.9 Å². The molecule has 1 saturated heterocycles. The highest BCUT2D eigenvalue weighted by Crippen LogP contribution is 2.54. The topological polar surface area (TPSA) is 149 Å². The lowest BCUT2D eigenvalue weighted by Crippen LogP contribution is -2.38. The van der Waals surface area contributed by atoms with Gasteiger partial charge in [0.2, 0.25) is 5.91 Å². The van der Waals surface area contributed by atoms with Crippen molar-refractivity contribution in [3.63, 3.8) is 0 Å². The first-order chi connectivity index (χ1) is 15.0. The third-order valence-corrected chi connectivity index (χ3v) is 5.28.